The molecule has 31 heavy (non-hydrogen) atoms. The number of piperazine rings is 1. The lowest BCUT2D eigenvalue weighted by Crippen LogP contribution is -2.47. The van der Waals surface area contributed by atoms with E-state index in [-0.39, 0.29) is 11.6 Å². The van der Waals surface area contributed by atoms with Crippen LogP contribution in [-0.4, -0.2) is 46.1 Å². The molecule has 0 aliphatic carbocycles. The maximum absolute atomic E-state index is 13.3. The molecule has 0 spiro atoms. The highest BCUT2D eigenvalue weighted by molar-refractivity contribution is 5.85. The lowest BCUT2D eigenvalue weighted by molar-refractivity contribution is 0.623. The van der Waals surface area contributed by atoms with Crippen LogP contribution in [0.4, 0.5) is 31.9 Å². The Morgan fingerprint density at radius 2 is 1.32 bits per heavy atom. The van der Waals surface area contributed by atoms with Crippen molar-refractivity contribution < 1.29 is 8.78 Å². The summed E-state index contributed by atoms with van der Waals surface area (Å²) in [6.45, 7) is 2.93. The summed E-state index contributed by atoms with van der Waals surface area (Å²) < 4.78 is 26.5. The minimum Gasteiger partial charge on any atom is -0.368 e. The van der Waals surface area contributed by atoms with E-state index in [0.717, 1.165) is 18.8 Å². The Labute approximate surface area is 177 Å². The quantitative estimate of drug-likeness (QED) is 0.540. The van der Waals surface area contributed by atoms with Gasteiger partial charge < -0.3 is 15.1 Å². The van der Waals surface area contributed by atoms with Gasteiger partial charge in [0, 0.05) is 49.9 Å². The van der Waals surface area contributed by atoms with Crippen molar-refractivity contribution in [3.05, 3.63) is 72.6 Å². The van der Waals surface area contributed by atoms with Crippen molar-refractivity contribution in [1.29, 1.82) is 0 Å². The van der Waals surface area contributed by atoms with Gasteiger partial charge in [0.2, 0.25) is 5.95 Å². The van der Waals surface area contributed by atoms with Crippen LogP contribution < -0.4 is 15.1 Å². The lowest BCUT2D eigenvalue weighted by Gasteiger charge is -2.36. The molecule has 3 heterocycles. The monoisotopic (exact) mass is 419 g/mol. The largest absolute Gasteiger partial charge is 0.368 e. The van der Waals surface area contributed by atoms with Crippen LogP contribution >= 0.6 is 0 Å². The van der Waals surface area contributed by atoms with E-state index in [2.05, 4.69) is 30.1 Å². The molecule has 9 heteroatoms. The van der Waals surface area contributed by atoms with E-state index < -0.39 is 0 Å². The third-order valence-corrected chi connectivity index (χ3v) is 5.18. The fourth-order valence-corrected chi connectivity index (χ4v) is 3.57. The van der Waals surface area contributed by atoms with Crippen LogP contribution in [0.15, 0.2) is 60.9 Å². The zero-order chi connectivity index (χ0) is 21.2. The van der Waals surface area contributed by atoms with E-state index in [1.54, 1.807) is 36.7 Å². The van der Waals surface area contributed by atoms with Gasteiger partial charge in [0.15, 0.2) is 17.0 Å². The Kier molecular flexibility index (Phi) is 4.99. The maximum atomic E-state index is 13.3. The molecule has 156 valence electrons. The number of benzene rings is 2. The van der Waals surface area contributed by atoms with Crippen molar-refractivity contribution in [3.63, 3.8) is 0 Å². The minimum atomic E-state index is -0.308. The Hall–Kier alpha value is -3.88. The van der Waals surface area contributed by atoms with E-state index in [9.17, 15) is 8.78 Å². The van der Waals surface area contributed by atoms with Crippen LogP contribution in [0.3, 0.4) is 0 Å². The standard InChI is InChI=1S/C22H19F2N7/c23-15-1-5-17(6-2-15)27-21-19-20(26-10-9-25-19)28-22(29-21)31-13-11-30(12-14-31)18-7-3-16(24)4-8-18/h1-10H,11-14H2,(H,26,27,28,29). The predicted molar refractivity (Wildman–Crippen MR) is 116 cm³/mol. The molecule has 0 radical (unpaired) electrons. The molecule has 0 saturated carbocycles. The Morgan fingerprint density at radius 3 is 2.03 bits per heavy atom. The normalized spacial score (nSPS) is 14.1. The summed E-state index contributed by atoms with van der Waals surface area (Å²) in [7, 11) is 0. The number of aromatic nitrogens is 4. The summed E-state index contributed by atoms with van der Waals surface area (Å²) >= 11 is 0. The third-order valence-electron chi connectivity index (χ3n) is 5.18. The fourth-order valence-electron chi connectivity index (χ4n) is 3.57. The first-order valence-electron chi connectivity index (χ1n) is 9.92. The zero-order valence-electron chi connectivity index (χ0n) is 16.5. The average Bonchev–Trinajstić information content (AvgIpc) is 2.81. The van der Waals surface area contributed by atoms with Crippen molar-refractivity contribution in [1.82, 2.24) is 19.9 Å². The summed E-state index contributed by atoms with van der Waals surface area (Å²) in [6.07, 6.45) is 3.18. The second-order valence-electron chi connectivity index (χ2n) is 7.18. The molecule has 2 aromatic carbocycles. The van der Waals surface area contributed by atoms with Gasteiger partial charge in [0.05, 0.1) is 0 Å². The number of hydrogen-bond acceptors (Lipinski definition) is 7. The maximum Gasteiger partial charge on any atom is 0.229 e. The van der Waals surface area contributed by atoms with Crippen LogP contribution in [0, 0.1) is 11.6 Å². The molecule has 1 saturated heterocycles. The Morgan fingerprint density at radius 1 is 0.710 bits per heavy atom. The molecule has 7 nitrogen and oxygen atoms in total. The van der Waals surface area contributed by atoms with Gasteiger partial charge in [-0.2, -0.15) is 9.97 Å². The van der Waals surface area contributed by atoms with Gasteiger partial charge in [-0.1, -0.05) is 0 Å². The van der Waals surface area contributed by atoms with E-state index in [0.29, 0.717) is 41.7 Å². The van der Waals surface area contributed by atoms with Gasteiger partial charge >= 0.3 is 0 Å². The molecule has 1 fully saturated rings. The van der Waals surface area contributed by atoms with Crippen molar-refractivity contribution in [3.8, 4) is 0 Å². The second-order valence-corrected chi connectivity index (χ2v) is 7.18. The topological polar surface area (TPSA) is 70.1 Å². The molecular weight excluding hydrogens is 400 g/mol. The van der Waals surface area contributed by atoms with E-state index >= 15 is 0 Å². The third kappa shape index (κ3) is 4.07. The smallest absolute Gasteiger partial charge is 0.229 e. The number of hydrogen-bond donors (Lipinski definition) is 1. The lowest BCUT2D eigenvalue weighted by atomic mass is 10.2. The van der Waals surface area contributed by atoms with Gasteiger partial charge in [0.1, 0.15) is 11.6 Å². The number of fused-ring (bicyclic) bond motifs is 1. The first-order valence-corrected chi connectivity index (χ1v) is 9.92. The van der Waals surface area contributed by atoms with Gasteiger partial charge in [-0.15, -0.1) is 0 Å². The molecule has 0 bridgehead atoms. The molecule has 1 N–H and O–H groups in total. The predicted octanol–water partition coefficient (Wildman–Crippen LogP) is 3.77. The molecule has 0 unspecified atom stereocenters. The number of rotatable bonds is 4. The van der Waals surface area contributed by atoms with Crippen molar-refractivity contribution in [2.75, 3.05) is 41.3 Å². The van der Waals surface area contributed by atoms with Crippen molar-refractivity contribution in [2.24, 2.45) is 0 Å². The second kappa shape index (κ2) is 8.10. The number of halogens is 2. The number of nitrogens with zero attached hydrogens (tertiary/aromatic N) is 6. The first kappa shape index (κ1) is 19.1. The highest BCUT2D eigenvalue weighted by Gasteiger charge is 2.21. The molecule has 0 amide bonds. The Bertz CT molecular complexity index is 1190. The number of nitrogens with one attached hydrogen (secondary N) is 1. The van der Waals surface area contributed by atoms with Gasteiger partial charge in [-0.05, 0) is 48.5 Å². The van der Waals surface area contributed by atoms with E-state index in [1.165, 1.54) is 24.3 Å². The highest BCUT2D eigenvalue weighted by atomic mass is 19.1. The summed E-state index contributed by atoms with van der Waals surface area (Å²) in [6, 6.07) is 12.6. The number of anilines is 4. The summed E-state index contributed by atoms with van der Waals surface area (Å²) in [5.74, 6) is 0.517. The van der Waals surface area contributed by atoms with Crippen LogP contribution in [0.5, 0.6) is 0 Å². The fraction of sp³-hybridized carbons (Fsp3) is 0.182. The molecule has 1 aliphatic rings. The van der Waals surface area contributed by atoms with Crippen LogP contribution in [0.1, 0.15) is 0 Å². The van der Waals surface area contributed by atoms with E-state index in [1.807, 2.05) is 0 Å². The molecule has 0 atom stereocenters. The van der Waals surface area contributed by atoms with Crippen LogP contribution in [0.25, 0.3) is 11.2 Å². The molecule has 5 rings (SSSR count). The summed E-state index contributed by atoms with van der Waals surface area (Å²) in [5.41, 5.74) is 2.71. The van der Waals surface area contributed by atoms with Crippen LogP contribution in [-0.2, 0) is 0 Å². The SMILES string of the molecule is Fc1ccc(Nc2nc(N3CCN(c4ccc(F)cc4)CC3)nc3nccnc23)cc1. The zero-order valence-corrected chi connectivity index (χ0v) is 16.5. The van der Waals surface area contributed by atoms with Crippen molar-refractivity contribution >= 4 is 34.3 Å². The van der Waals surface area contributed by atoms with Crippen LogP contribution in [0.2, 0.25) is 0 Å². The van der Waals surface area contributed by atoms with Gasteiger partial charge in [-0.25, -0.2) is 18.7 Å². The first-order chi connectivity index (χ1) is 15.2. The van der Waals surface area contributed by atoms with Crippen molar-refractivity contribution in [2.45, 2.75) is 0 Å². The Balaban J connectivity index is 1.40. The van der Waals surface area contributed by atoms with Gasteiger partial charge in [0.25, 0.3) is 0 Å². The molecule has 4 aromatic rings. The molecule has 2 aromatic heterocycles. The van der Waals surface area contributed by atoms with Gasteiger partial charge in [-0.3, -0.25) is 0 Å². The summed E-state index contributed by atoms with van der Waals surface area (Å²) in [5, 5.41) is 3.20. The molecule has 1 aliphatic heterocycles. The minimum absolute atomic E-state index is 0.241. The highest BCUT2D eigenvalue weighted by Crippen LogP contribution is 2.25. The van der Waals surface area contributed by atoms with E-state index in [4.69, 9.17) is 4.98 Å². The summed E-state index contributed by atoms with van der Waals surface area (Å²) in [4.78, 5) is 22.3. The molecular formula is C22H19F2N7. The average molecular weight is 419 g/mol.